The molecule has 0 aliphatic rings. The highest BCUT2D eigenvalue weighted by atomic mass is 15.3. The van der Waals surface area contributed by atoms with Crippen molar-refractivity contribution in [3.8, 4) is 16.8 Å². The third-order valence-corrected chi connectivity index (χ3v) is 3.60. The minimum absolute atomic E-state index is 0.875. The summed E-state index contributed by atoms with van der Waals surface area (Å²) in [5.74, 6) is 0. The van der Waals surface area contributed by atoms with Gasteiger partial charge in [0.1, 0.15) is 0 Å². The molecular weight excluding hydrogens is 258 g/mol. The molecule has 21 heavy (non-hydrogen) atoms. The van der Waals surface area contributed by atoms with Crippen LogP contribution in [0.1, 0.15) is 11.1 Å². The van der Waals surface area contributed by atoms with Crippen LogP contribution in [0.5, 0.6) is 0 Å². The van der Waals surface area contributed by atoms with Gasteiger partial charge in [-0.05, 0) is 48.9 Å². The molecule has 106 valence electrons. The first-order valence-electron chi connectivity index (χ1n) is 7.12. The van der Waals surface area contributed by atoms with Gasteiger partial charge in [-0.2, -0.15) is 5.10 Å². The summed E-state index contributed by atoms with van der Waals surface area (Å²) in [6.07, 6.45) is 4.01. The Labute approximate surface area is 125 Å². The molecule has 0 radical (unpaired) electrons. The Morgan fingerprint density at radius 2 is 1.90 bits per heavy atom. The Morgan fingerprint density at radius 1 is 1.10 bits per heavy atom. The van der Waals surface area contributed by atoms with Gasteiger partial charge in [0, 0.05) is 18.3 Å². The van der Waals surface area contributed by atoms with Crippen molar-refractivity contribution >= 4 is 0 Å². The fourth-order valence-corrected chi connectivity index (χ4v) is 2.48. The number of aromatic nitrogens is 2. The summed E-state index contributed by atoms with van der Waals surface area (Å²) >= 11 is 0. The van der Waals surface area contributed by atoms with Crippen LogP contribution < -0.4 is 5.32 Å². The standard InChI is InChI=1S/C18H19N3/c1-14-8-9-15(11-19-2)10-18(14)16-12-20-21(13-16)17-6-4-3-5-7-17/h3-10,12-13,19H,11H2,1-2H3. The second-order valence-corrected chi connectivity index (χ2v) is 5.19. The smallest absolute Gasteiger partial charge is 0.0645 e. The van der Waals surface area contributed by atoms with Gasteiger partial charge in [0.2, 0.25) is 0 Å². The molecular formula is C18H19N3. The molecule has 0 saturated heterocycles. The van der Waals surface area contributed by atoms with Gasteiger partial charge in [-0.25, -0.2) is 4.68 Å². The minimum Gasteiger partial charge on any atom is -0.316 e. The fourth-order valence-electron chi connectivity index (χ4n) is 2.48. The van der Waals surface area contributed by atoms with E-state index in [1.54, 1.807) is 0 Å². The minimum atomic E-state index is 0.875. The number of hydrogen-bond acceptors (Lipinski definition) is 2. The fraction of sp³-hybridized carbons (Fsp3) is 0.167. The summed E-state index contributed by atoms with van der Waals surface area (Å²) in [6.45, 7) is 3.01. The Balaban J connectivity index is 1.98. The third-order valence-electron chi connectivity index (χ3n) is 3.60. The van der Waals surface area contributed by atoms with Crippen molar-refractivity contribution in [3.63, 3.8) is 0 Å². The van der Waals surface area contributed by atoms with E-state index >= 15 is 0 Å². The van der Waals surface area contributed by atoms with Gasteiger partial charge in [0.15, 0.2) is 0 Å². The Hall–Kier alpha value is -2.39. The maximum atomic E-state index is 4.48. The van der Waals surface area contributed by atoms with Crippen LogP contribution in [0, 0.1) is 6.92 Å². The Bertz CT molecular complexity index is 729. The predicted octanol–water partition coefficient (Wildman–Crippen LogP) is 3.57. The number of rotatable bonds is 4. The van der Waals surface area contributed by atoms with Crippen molar-refractivity contribution in [2.24, 2.45) is 0 Å². The summed E-state index contributed by atoms with van der Waals surface area (Å²) < 4.78 is 1.92. The lowest BCUT2D eigenvalue weighted by atomic mass is 10.0. The maximum absolute atomic E-state index is 4.48. The van der Waals surface area contributed by atoms with E-state index < -0.39 is 0 Å². The number of para-hydroxylation sites is 1. The molecule has 0 amide bonds. The van der Waals surface area contributed by atoms with Gasteiger partial charge >= 0.3 is 0 Å². The van der Waals surface area contributed by atoms with Gasteiger partial charge in [-0.3, -0.25) is 0 Å². The second kappa shape index (κ2) is 5.94. The van der Waals surface area contributed by atoms with Crippen LogP contribution in [-0.4, -0.2) is 16.8 Å². The topological polar surface area (TPSA) is 29.9 Å². The van der Waals surface area contributed by atoms with Gasteiger partial charge in [0.25, 0.3) is 0 Å². The van der Waals surface area contributed by atoms with E-state index in [2.05, 4.69) is 53.9 Å². The zero-order chi connectivity index (χ0) is 14.7. The average Bonchev–Trinajstić information content (AvgIpc) is 3.00. The molecule has 0 saturated carbocycles. The molecule has 0 fully saturated rings. The number of nitrogens with zero attached hydrogens (tertiary/aromatic N) is 2. The molecule has 1 heterocycles. The molecule has 3 heteroatoms. The SMILES string of the molecule is CNCc1ccc(C)c(-c2cnn(-c3ccccc3)c2)c1. The molecule has 1 N–H and O–H groups in total. The van der Waals surface area contributed by atoms with E-state index in [0.29, 0.717) is 0 Å². The van der Waals surface area contributed by atoms with E-state index in [4.69, 9.17) is 0 Å². The number of nitrogens with one attached hydrogen (secondary N) is 1. The van der Waals surface area contributed by atoms with Gasteiger partial charge < -0.3 is 5.32 Å². The van der Waals surface area contributed by atoms with E-state index in [-0.39, 0.29) is 0 Å². The summed E-state index contributed by atoms with van der Waals surface area (Å²) in [5, 5.41) is 7.67. The van der Waals surface area contributed by atoms with Crippen molar-refractivity contribution in [3.05, 3.63) is 72.1 Å². The van der Waals surface area contributed by atoms with E-state index in [1.807, 2.05) is 36.1 Å². The van der Waals surface area contributed by atoms with Gasteiger partial charge in [-0.15, -0.1) is 0 Å². The summed E-state index contributed by atoms with van der Waals surface area (Å²) in [6, 6.07) is 16.7. The lowest BCUT2D eigenvalue weighted by molar-refractivity contribution is 0.818. The highest BCUT2D eigenvalue weighted by Crippen LogP contribution is 2.25. The van der Waals surface area contributed by atoms with Crippen LogP contribution >= 0.6 is 0 Å². The summed E-state index contributed by atoms with van der Waals surface area (Å²) in [7, 11) is 1.97. The van der Waals surface area contributed by atoms with Crippen molar-refractivity contribution in [2.45, 2.75) is 13.5 Å². The lowest BCUT2D eigenvalue weighted by Crippen LogP contribution is -2.05. The summed E-state index contributed by atoms with van der Waals surface area (Å²) in [5.41, 5.74) is 6.01. The van der Waals surface area contributed by atoms with Gasteiger partial charge in [-0.1, -0.05) is 30.3 Å². The number of benzene rings is 2. The quantitative estimate of drug-likeness (QED) is 0.790. The molecule has 0 aliphatic carbocycles. The molecule has 2 aromatic carbocycles. The molecule has 0 aliphatic heterocycles. The zero-order valence-corrected chi connectivity index (χ0v) is 12.4. The van der Waals surface area contributed by atoms with Crippen molar-refractivity contribution < 1.29 is 0 Å². The molecule has 3 aromatic rings. The van der Waals surface area contributed by atoms with Crippen LogP contribution in [0.3, 0.4) is 0 Å². The van der Waals surface area contributed by atoms with Crippen LogP contribution in [0.15, 0.2) is 60.9 Å². The van der Waals surface area contributed by atoms with Crippen molar-refractivity contribution in [1.82, 2.24) is 15.1 Å². The molecule has 0 atom stereocenters. The highest BCUT2D eigenvalue weighted by molar-refractivity contribution is 5.67. The molecule has 0 unspecified atom stereocenters. The average molecular weight is 277 g/mol. The van der Waals surface area contributed by atoms with Crippen LogP contribution in [0.25, 0.3) is 16.8 Å². The molecule has 1 aromatic heterocycles. The monoisotopic (exact) mass is 277 g/mol. The van der Waals surface area contributed by atoms with E-state index in [0.717, 1.165) is 17.8 Å². The van der Waals surface area contributed by atoms with Crippen molar-refractivity contribution in [1.29, 1.82) is 0 Å². The van der Waals surface area contributed by atoms with E-state index in [9.17, 15) is 0 Å². The Morgan fingerprint density at radius 3 is 2.67 bits per heavy atom. The van der Waals surface area contributed by atoms with Crippen LogP contribution in [-0.2, 0) is 6.54 Å². The number of aryl methyl sites for hydroxylation is 1. The van der Waals surface area contributed by atoms with Crippen molar-refractivity contribution in [2.75, 3.05) is 7.05 Å². The largest absolute Gasteiger partial charge is 0.316 e. The normalized spacial score (nSPS) is 10.8. The number of hydrogen-bond donors (Lipinski definition) is 1. The first kappa shape index (κ1) is 13.6. The van der Waals surface area contributed by atoms with Gasteiger partial charge in [0.05, 0.1) is 11.9 Å². The zero-order valence-electron chi connectivity index (χ0n) is 12.4. The Kier molecular flexibility index (Phi) is 3.84. The molecule has 3 nitrogen and oxygen atoms in total. The molecule has 0 spiro atoms. The van der Waals surface area contributed by atoms with Crippen LogP contribution in [0.4, 0.5) is 0 Å². The maximum Gasteiger partial charge on any atom is 0.0645 e. The second-order valence-electron chi connectivity index (χ2n) is 5.19. The molecule has 3 rings (SSSR count). The summed E-state index contributed by atoms with van der Waals surface area (Å²) in [4.78, 5) is 0. The first-order chi connectivity index (χ1) is 10.3. The lowest BCUT2D eigenvalue weighted by Gasteiger charge is -2.07. The highest BCUT2D eigenvalue weighted by Gasteiger charge is 2.07. The van der Waals surface area contributed by atoms with Crippen LogP contribution in [0.2, 0.25) is 0 Å². The predicted molar refractivity (Wildman–Crippen MR) is 86.5 cm³/mol. The first-order valence-corrected chi connectivity index (χ1v) is 7.12. The van der Waals surface area contributed by atoms with E-state index in [1.165, 1.54) is 16.7 Å². The molecule has 0 bridgehead atoms. The third kappa shape index (κ3) is 2.88.